The van der Waals surface area contributed by atoms with Crippen molar-refractivity contribution in [3.63, 3.8) is 0 Å². The molecule has 0 fully saturated rings. The van der Waals surface area contributed by atoms with E-state index in [-0.39, 0.29) is 17.5 Å². The van der Waals surface area contributed by atoms with E-state index in [1.807, 2.05) is 0 Å². The molecule has 0 saturated heterocycles. The van der Waals surface area contributed by atoms with Crippen molar-refractivity contribution in [3.8, 4) is 0 Å². The van der Waals surface area contributed by atoms with Gasteiger partial charge in [0.05, 0.1) is 5.92 Å². The first-order valence-electron chi connectivity index (χ1n) is 7.24. The van der Waals surface area contributed by atoms with Crippen molar-refractivity contribution >= 4 is 56.7 Å². The maximum atomic E-state index is 12.7. The topological polar surface area (TPSA) is 59.9 Å². The molecule has 1 aliphatic carbocycles. The number of carbonyl (C=O) groups is 2. The van der Waals surface area contributed by atoms with Gasteiger partial charge in [0.15, 0.2) is 5.78 Å². The van der Waals surface area contributed by atoms with Crippen LogP contribution in [0.1, 0.15) is 27.4 Å². The third-order valence-corrected chi connectivity index (χ3v) is 5.75. The first kappa shape index (κ1) is 17.4. The molecule has 0 spiro atoms. The van der Waals surface area contributed by atoms with Gasteiger partial charge in [0, 0.05) is 25.1 Å². The molecule has 24 heavy (non-hydrogen) atoms. The van der Waals surface area contributed by atoms with Crippen LogP contribution in [-0.4, -0.2) is 21.5 Å². The normalized spacial score (nSPS) is 17.4. The summed E-state index contributed by atoms with van der Waals surface area (Å²) < 4.78 is 1.72. The van der Waals surface area contributed by atoms with Crippen LogP contribution >= 0.6 is 45.2 Å². The number of nitrogens with zero attached hydrogens (tertiary/aromatic N) is 2. The van der Waals surface area contributed by atoms with E-state index >= 15 is 0 Å². The minimum atomic E-state index is -0.285. The van der Waals surface area contributed by atoms with Crippen molar-refractivity contribution in [2.45, 2.75) is 6.42 Å². The van der Waals surface area contributed by atoms with Crippen LogP contribution in [0.5, 0.6) is 0 Å². The van der Waals surface area contributed by atoms with Crippen LogP contribution in [0.4, 0.5) is 0 Å². The summed E-state index contributed by atoms with van der Waals surface area (Å²) in [6.45, 7) is 0. The molecule has 1 aliphatic rings. The largest absolute Gasteiger partial charge is 0.292 e. The van der Waals surface area contributed by atoms with E-state index < -0.39 is 0 Å². The maximum Gasteiger partial charge on any atom is 0.212 e. The molecule has 6 heteroatoms. The summed E-state index contributed by atoms with van der Waals surface area (Å²) >= 11 is 4.29. The lowest BCUT2D eigenvalue weighted by Gasteiger charge is -2.21. The molecular weight excluding hydrogens is 530 g/mol. The van der Waals surface area contributed by atoms with Crippen molar-refractivity contribution in [2.24, 2.45) is 5.92 Å². The smallest absolute Gasteiger partial charge is 0.212 e. The number of pyridine rings is 2. The van der Waals surface area contributed by atoms with Crippen molar-refractivity contribution in [1.29, 1.82) is 0 Å². The van der Waals surface area contributed by atoms with Gasteiger partial charge in [-0.15, -0.1) is 0 Å². The van der Waals surface area contributed by atoms with Gasteiger partial charge < -0.3 is 0 Å². The molecule has 3 rings (SSSR count). The fourth-order valence-corrected chi connectivity index (χ4v) is 4.09. The fraction of sp³-hybridized carbons (Fsp3) is 0.111. The highest BCUT2D eigenvalue weighted by atomic mass is 127. The quantitative estimate of drug-likeness (QED) is 0.420. The van der Waals surface area contributed by atoms with Gasteiger partial charge in [-0.25, -0.2) is 0 Å². The van der Waals surface area contributed by atoms with Crippen LogP contribution in [0.25, 0.3) is 0 Å². The number of carbonyl (C=O) groups excluding carboxylic acids is 2. The Morgan fingerprint density at radius 3 is 2.17 bits per heavy atom. The predicted octanol–water partition coefficient (Wildman–Crippen LogP) is 4.57. The summed E-state index contributed by atoms with van der Waals surface area (Å²) in [6.07, 6.45) is 5.53. The van der Waals surface area contributed by atoms with Gasteiger partial charge in [-0.1, -0.05) is 12.1 Å². The third kappa shape index (κ3) is 3.64. The molecule has 0 radical (unpaired) electrons. The molecule has 1 unspecified atom stereocenters. The maximum absolute atomic E-state index is 12.7. The van der Waals surface area contributed by atoms with Crippen molar-refractivity contribution in [2.75, 3.05) is 0 Å². The molecule has 0 saturated carbocycles. The molecular formula is C18H12I2N2O2. The molecule has 4 nitrogen and oxygen atoms in total. The van der Waals surface area contributed by atoms with E-state index in [1.54, 1.807) is 54.9 Å². The number of hydrogen-bond acceptors (Lipinski definition) is 4. The van der Waals surface area contributed by atoms with E-state index in [4.69, 9.17) is 0 Å². The molecule has 1 atom stereocenters. The van der Waals surface area contributed by atoms with Crippen LogP contribution in [0.2, 0.25) is 0 Å². The average Bonchev–Trinajstić information content (AvgIpc) is 2.63. The summed E-state index contributed by atoms with van der Waals surface area (Å²) in [4.78, 5) is 33.6. The van der Waals surface area contributed by atoms with Crippen molar-refractivity contribution in [3.05, 3.63) is 79.0 Å². The van der Waals surface area contributed by atoms with Gasteiger partial charge in [-0.2, -0.15) is 0 Å². The van der Waals surface area contributed by atoms with Crippen molar-refractivity contribution < 1.29 is 9.59 Å². The summed E-state index contributed by atoms with van der Waals surface area (Å²) in [7, 11) is 0. The van der Waals surface area contributed by atoms with Crippen molar-refractivity contribution in [1.82, 2.24) is 9.97 Å². The molecule has 0 amide bonds. The number of allylic oxidation sites excluding steroid dienone is 4. The van der Waals surface area contributed by atoms with E-state index in [9.17, 15) is 9.59 Å². The van der Waals surface area contributed by atoms with Crippen LogP contribution in [0, 0.1) is 5.92 Å². The number of Topliss-reactive ketones (excluding diaryl/α,β-unsaturated/α-hetero) is 2. The zero-order valence-electron chi connectivity index (χ0n) is 12.4. The first-order valence-corrected chi connectivity index (χ1v) is 9.40. The monoisotopic (exact) mass is 542 g/mol. The predicted molar refractivity (Wildman–Crippen MR) is 108 cm³/mol. The Morgan fingerprint density at radius 1 is 0.958 bits per heavy atom. The fourth-order valence-electron chi connectivity index (χ4n) is 2.43. The lowest BCUT2D eigenvalue weighted by molar-refractivity contribution is 0.0936. The number of hydrogen-bond donors (Lipinski definition) is 0. The van der Waals surface area contributed by atoms with Crippen LogP contribution in [-0.2, 0) is 0 Å². The molecule has 0 bridgehead atoms. The molecule has 0 aliphatic heterocycles. The van der Waals surface area contributed by atoms with Crippen LogP contribution in [0.15, 0.2) is 67.6 Å². The summed E-state index contributed by atoms with van der Waals surface area (Å²) in [5, 5.41) is 0. The zero-order chi connectivity index (χ0) is 17.1. The van der Waals surface area contributed by atoms with Gasteiger partial charge in [0.25, 0.3) is 0 Å². The van der Waals surface area contributed by atoms with Gasteiger partial charge in [-0.05, 0) is 81.9 Å². The molecule has 0 N–H and O–H groups in total. The van der Waals surface area contributed by atoms with E-state index in [0.29, 0.717) is 23.4 Å². The Hall–Kier alpha value is -1.42. The summed E-state index contributed by atoms with van der Waals surface area (Å²) in [6, 6.07) is 10.6. The SMILES string of the molecule is O=C(C1=C(I)CC(C(=O)c2ccccn2)C(I)=C1)c1ccccn1. The Labute approximate surface area is 166 Å². The average molecular weight is 542 g/mol. The van der Waals surface area contributed by atoms with Crippen LogP contribution < -0.4 is 0 Å². The van der Waals surface area contributed by atoms with Gasteiger partial charge in [-0.3, -0.25) is 19.6 Å². The van der Waals surface area contributed by atoms with E-state index in [2.05, 4.69) is 55.1 Å². The molecule has 120 valence electrons. The van der Waals surface area contributed by atoms with Gasteiger partial charge >= 0.3 is 0 Å². The van der Waals surface area contributed by atoms with Crippen LogP contribution in [0.3, 0.4) is 0 Å². The molecule has 2 heterocycles. The molecule has 0 aromatic carbocycles. The van der Waals surface area contributed by atoms with E-state index in [1.165, 1.54) is 0 Å². The lowest BCUT2D eigenvalue weighted by Crippen LogP contribution is -2.20. The second-order valence-electron chi connectivity index (χ2n) is 5.23. The Morgan fingerprint density at radius 2 is 1.58 bits per heavy atom. The standard InChI is InChI=1S/C18H12I2N2O2/c19-13-10-12(18(24)16-6-2-4-8-22-16)14(20)9-11(13)17(23)15-5-1-3-7-21-15/h1-9,12H,10H2. The number of halogens is 2. The highest BCUT2D eigenvalue weighted by Gasteiger charge is 2.30. The van der Waals surface area contributed by atoms with Gasteiger partial charge in [0.1, 0.15) is 11.4 Å². The zero-order valence-corrected chi connectivity index (χ0v) is 16.8. The number of aromatic nitrogens is 2. The highest BCUT2D eigenvalue weighted by Crippen LogP contribution is 2.38. The van der Waals surface area contributed by atoms with Gasteiger partial charge in [0.2, 0.25) is 5.78 Å². The second-order valence-corrected chi connectivity index (χ2v) is 7.78. The Bertz CT molecular complexity index is 846. The number of rotatable bonds is 4. The lowest BCUT2D eigenvalue weighted by atomic mass is 9.89. The highest BCUT2D eigenvalue weighted by molar-refractivity contribution is 14.1. The second kappa shape index (κ2) is 7.64. The Kier molecular flexibility index (Phi) is 5.54. The number of ketones is 2. The molecule has 2 aromatic rings. The first-order chi connectivity index (χ1) is 11.6. The minimum Gasteiger partial charge on any atom is -0.292 e. The summed E-state index contributed by atoms with van der Waals surface area (Å²) in [5.74, 6) is -0.416. The summed E-state index contributed by atoms with van der Waals surface area (Å²) in [5.41, 5.74) is 1.48. The Balaban J connectivity index is 1.87. The third-order valence-electron chi connectivity index (χ3n) is 3.67. The van der Waals surface area contributed by atoms with E-state index in [0.717, 1.165) is 7.16 Å². The molecule has 2 aromatic heterocycles. The minimum absolute atomic E-state index is 0.0187.